The molecule has 0 heterocycles. The molecule has 0 spiro atoms. The van der Waals surface area contributed by atoms with Crippen molar-refractivity contribution in [3.05, 3.63) is 0 Å². The summed E-state index contributed by atoms with van der Waals surface area (Å²) in [5.74, 6) is 0. The summed E-state index contributed by atoms with van der Waals surface area (Å²) in [4.78, 5) is 2.45. The quantitative estimate of drug-likeness (QED) is 0.408. The predicted molar refractivity (Wildman–Crippen MR) is 72.5 cm³/mol. The molecule has 0 atom stereocenters. The lowest BCUT2D eigenvalue weighted by molar-refractivity contribution is 0.0848. The van der Waals surface area contributed by atoms with Crippen molar-refractivity contribution in [2.75, 3.05) is 51.9 Å². The van der Waals surface area contributed by atoms with Gasteiger partial charge in [0, 0.05) is 38.7 Å². The van der Waals surface area contributed by atoms with Crippen molar-refractivity contribution in [1.29, 1.82) is 0 Å². The molecule has 0 bridgehead atoms. The van der Waals surface area contributed by atoms with Crippen molar-refractivity contribution < 1.29 is 9.47 Å². The van der Waals surface area contributed by atoms with E-state index in [0.717, 1.165) is 44.7 Å². The van der Waals surface area contributed by atoms with Gasteiger partial charge in [-0.25, -0.2) is 0 Å². The number of halogens is 1. The second-order valence-corrected chi connectivity index (χ2v) is 4.64. The van der Waals surface area contributed by atoms with E-state index >= 15 is 0 Å². The van der Waals surface area contributed by atoms with Crippen LogP contribution in [0.5, 0.6) is 0 Å². The Morgan fingerprint density at radius 1 is 1.00 bits per heavy atom. The molecule has 0 fully saturated rings. The van der Waals surface area contributed by atoms with Crippen LogP contribution in [0.3, 0.4) is 0 Å². The van der Waals surface area contributed by atoms with Gasteiger partial charge in [0.05, 0.1) is 6.61 Å². The van der Waals surface area contributed by atoms with E-state index in [9.17, 15) is 0 Å². The molecule has 4 heteroatoms. The van der Waals surface area contributed by atoms with Gasteiger partial charge in [0.15, 0.2) is 0 Å². The molecular weight excluding hydrogens is 270 g/mol. The van der Waals surface area contributed by atoms with E-state index in [1.54, 1.807) is 7.11 Å². The van der Waals surface area contributed by atoms with Gasteiger partial charge in [-0.15, -0.1) is 0 Å². The Bertz CT molecular complexity index is 136. The van der Waals surface area contributed by atoms with Crippen molar-refractivity contribution in [2.24, 2.45) is 0 Å². The molecule has 0 aromatic heterocycles. The Hall–Kier alpha value is 0.360. The highest BCUT2D eigenvalue weighted by Crippen LogP contribution is 1.97. The standard InChI is InChI=1S/C12H26BrNO2/c1-3-4-7-14(8-6-13)9-12-16-11-5-10-15-2/h3-12H2,1-2H3. The predicted octanol–water partition coefficient (Wildman–Crippen LogP) is 2.54. The molecule has 0 aliphatic heterocycles. The zero-order valence-corrected chi connectivity index (χ0v) is 12.3. The number of hydrogen-bond donors (Lipinski definition) is 0. The number of unbranched alkanes of at least 4 members (excludes halogenated alkanes) is 1. The lowest BCUT2D eigenvalue weighted by Gasteiger charge is -2.20. The topological polar surface area (TPSA) is 21.7 Å². The van der Waals surface area contributed by atoms with Crippen molar-refractivity contribution in [1.82, 2.24) is 4.90 Å². The van der Waals surface area contributed by atoms with Crippen LogP contribution in [-0.4, -0.2) is 56.8 Å². The zero-order chi connectivity index (χ0) is 12.1. The first-order valence-electron chi connectivity index (χ1n) is 6.20. The molecule has 0 radical (unpaired) electrons. The van der Waals surface area contributed by atoms with Gasteiger partial charge in [-0.1, -0.05) is 29.3 Å². The van der Waals surface area contributed by atoms with Crippen LogP contribution in [0.15, 0.2) is 0 Å². The lowest BCUT2D eigenvalue weighted by atomic mass is 10.3. The SMILES string of the molecule is CCCCN(CCBr)CCOCCCOC. The van der Waals surface area contributed by atoms with E-state index in [2.05, 4.69) is 27.8 Å². The minimum absolute atomic E-state index is 0.793. The number of rotatable bonds is 12. The first-order chi connectivity index (χ1) is 7.85. The maximum Gasteiger partial charge on any atom is 0.0593 e. The number of hydrogen-bond acceptors (Lipinski definition) is 3. The van der Waals surface area contributed by atoms with Crippen molar-refractivity contribution in [3.8, 4) is 0 Å². The zero-order valence-electron chi connectivity index (χ0n) is 10.7. The van der Waals surface area contributed by atoms with Gasteiger partial charge in [-0.05, 0) is 19.4 Å². The smallest absolute Gasteiger partial charge is 0.0593 e. The van der Waals surface area contributed by atoms with Gasteiger partial charge < -0.3 is 14.4 Å². The molecular formula is C12H26BrNO2. The van der Waals surface area contributed by atoms with Gasteiger partial charge in [0.1, 0.15) is 0 Å². The van der Waals surface area contributed by atoms with E-state index in [1.807, 2.05) is 0 Å². The van der Waals surface area contributed by atoms with Crippen LogP contribution in [0.2, 0.25) is 0 Å². The van der Waals surface area contributed by atoms with E-state index < -0.39 is 0 Å². The van der Waals surface area contributed by atoms with Crippen LogP contribution in [-0.2, 0) is 9.47 Å². The third kappa shape index (κ3) is 10.9. The van der Waals surface area contributed by atoms with E-state index in [-0.39, 0.29) is 0 Å². The maximum absolute atomic E-state index is 5.56. The van der Waals surface area contributed by atoms with E-state index in [0.29, 0.717) is 0 Å². The molecule has 0 aromatic rings. The first kappa shape index (κ1) is 16.4. The van der Waals surface area contributed by atoms with Crippen LogP contribution < -0.4 is 0 Å². The second-order valence-electron chi connectivity index (χ2n) is 3.84. The van der Waals surface area contributed by atoms with Gasteiger partial charge in [0.2, 0.25) is 0 Å². The molecule has 0 unspecified atom stereocenters. The first-order valence-corrected chi connectivity index (χ1v) is 7.32. The summed E-state index contributed by atoms with van der Waals surface area (Å²) in [6, 6.07) is 0. The van der Waals surface area contributed by atoms with E-state index in [1.165, 1.54) is 19.4 Å². The van der Waals surface area contributed by atoms with Gasteiger partial charge in [-0.3, -0.25) is 0 Å². The second kappa shape index (κ2) is 13.4. The summed E-state index contributed by atoms with van der Waals surface area (Å²) < 4.78 is 10.5. The van der Waals surface area contributed by atoms with Gasteiger partial charge >= 0.3 is 0 Å². The Balaban J connectivity index is 3.36. The van der Waals surface area contributed by atoms with Crippen LogP contribution in [0.25, 0.3) is 0 Å². The molecule has 0 aromatic carbocycles. The summed E-state index contributed by atoms with van der Waals surface area (Å²) in [6.45, 7) is 8.00. The fourth-order valence-electron chi connectivity index (χ4n) is 1.44. The van der Waals surface area contributed by atoms with Gasteiger partial charge in [0.25, 0.3) is 0 Å². The minimum atomic E-state index is 0.793. The largest absolute Gasteiger partial charge is 0.385 e. The number of alkyl halides is 1. The van der Waals surface area contributed by atoms with Crippen LogP contribution >= 0.6 is 15.9 Å². The molecule has 0 aliphatic rings. The van der Waals surface area contributed by atoms with Gasteiger partial charge in [-0.2, -0.15) is 0 Å². The Morgan fingerprint density at radius 2 is 1.81 bits per heavy atom. The number of methoxy groups -OCH3 is 1. The Kier molecular flexibility index (Phi) is 13.7. The molecule has 0 aliphatic carbocycles. The Morgan fingerprint density at radius 3 is 2.44 bits per heavy atom. The third-order valence-electron chi connectivity index (χ3n) is 2.42. The third-order valence-corrected chi connectivity index (χ3v) is 2.77. The summed E-state index contributed by atoms with van der Waals surface area (Å²) >= 11 is 3.49. The monoisotopic (exact) mass is 295 g/mol. The highest BCUT2D eigenvalue weighted by Gasteiger charge is 2.02. The van der Waals surface area contributed by atoms with Crippen LogP contribution in [0.4, 0.5) is 0 Å². The highest BCUT2D eigenvalue weighted by molar-refractivity contribution is 9.09. The lowest BCUT2D eigenvalue weighted by Crippen LogP contribution is -2.30. The molecule has 0 saturated heterocycles. The molecule has 98 valence electrons. The number of ether oxygens (including phenoxy) is 2. The van der Waals surface area contributed by atoms with Crippen molar-refractivity contribution in [2.45, 2.75) is 26.2 Å². The van der Waals surface area contributed by atoms with Crippen molar-refractivity contribution >= 4 is 15.9 Å². The molecule has 3 nitrogen and oxygen atoms in total. The fraction of sp³-hybridized carbons (Fsp3) is 1.00. The van der Waals surface area contributed by atoms with Crippen LogP contribution in [0.1, 0.15) is 26.2 Å². The summed E-state index contributed by atoms with van der Waals surface area (Å²) in [7, 11) is 1.72. The van der Waals surface area contributed by atoms with Crippen molar-refractivity contribution in [3.63, 3.8) is 0 Å². The average Bonchev–Trinajstić information content (AvgIpc) is 2.30. The highest BCUT2D eigenvalue weighted by atomic mass is 79.9. The molecule has 16 heavy (non-hydrogen) atoms. The summed E-state index contributed by atoms with van der Waals surface area (Å²) in [6.07, 6.45) is 3.52. The molecule has 0 N–H and O–H groups in total. The van der Waals surface area contributed by atoms with Crippen LogP contribution in [0, 0.1) is 0 Å². The summed E-state index contributed by atoms with van der Waals surface area (Å²) in [5, 5.41) is 1.04. The fourth-order valence-corrected chi connectivity index (χ4v) is 1.94. The molecule has 0 amide bonds. The number of nitrogens with zero attached hydrogens (tertiary/aromatic N) is 1. The van der Waals surface area contributed by atoms with E-state index in [4.69, 9.17) is 9.47 Å². The Labute approximate surface area is 109 Å². The maximum atomic E-state index is 5.56. The minimum Gasteiger partial charge on any atom is -0.385 e. The molecule has 0 saturated carbocycles. The summed E-state index contributed by atoms with van der Waals surface area (Å²) in [5.41, 5.74) is 0. The molecule has 0 rings (SSSR count). The average molecular weight is 296 g/mol. The normalized spacial score (nSPS) is 11.2.